The number of halogens is 5. The molecule has 24 heavy (non-hydrogen) atoms. The Labute approximate surface area is 163 Å². The molecule has 0 N–H and O–H groups in total. The zero-order chi connectivity index (χ0) is 17.2. The molecule has 0 atom stereocenters. The van der Waals surface area contributed by atoms with Gasteiger partial charge in [-0.05, 0) is 58.2 Å². The molecule has 1 aromatic heterocycles. The fourth-order valence-electron chi connectivity index (χ4n) is 3.32. The Hall–Kier alpha value is -0.985. The Balaban J connectivity index is 2.12. The van der Waals surface area contributed by atoms with Crippen molar-refractivity contribution in [2.24, 2.45) is 0 Å². The first-order valence-electron chi connectivity index (χ1n) is 7.22. The summed E-state index contributed by atoms with van der Waals surface area (Å²) in [6, 6.07) is 9.28. The van der Waals surface area contributed by atoms with Crippen LogP contribution in [0.1, 0.15) is 16.8 Å². The molecule has 4 rings (SSSR count). The van der Waals surface area contributed by atoms with Gasteiger partial charge in [-0.25, -0.2) is 0 Å². The minimum atomic E-state index is -3.97. The first kappa shape index (κ1) is 16.5. The topological polar surface area (TPSA) is 7.94 Å². The quantitative estimate of drug-likeness (QED) is 0.429. The molecule has 0 fully saturated rings. The first-order chi connectivity index (χ1) is 11.3. The summed E-state index contributed by atoms with van der Waals surface area (Å²) in [5.74, 6) is 0. The van der Waals surface area contributed by atoms with E-state index in [9.17, 15) is 0 Å². The normalized spacial score (nSPS) is 18.2. The van der Waals surface area contributed by atoms with E-state index in [0.29, 0.717) is 20.6 Å². The Morgan fingerprint density at radius 3 is 2.50 bits per heavy atom. The van der Waals surface area contributed by atoms with Crippen LogP contribution in [0, 0.1) is 6.92 Å². The zero-order valence-corrected chi connectivity index (χ0v) is 17.2. The van der Waals surface area contributed by atoms with E-state index < -0.39 is 6.97 Å². The maximum absolute atomic E-state index is 15.1. The number of aromatic nitrogens is 1. The van der Waals surface area contributed by atoms with Crippen molar-refractivity contribution in [3.05, 3.63) is 74.1 Å². The van der Waals surface area contributed by atoms with Gasteiger partial charge in [-0.2, -0.15) is 0 Å². The van der Waals surface area contributed by atoms with Gasteiger partial charge in [0.1, 0.15) is 0 Å². The standard InChI is InChI=1S/C16H10BBr3F2N2/c1-9-8-10(18)2-3-11(9)16-12-4-6-14(19)23(12)17(21,22)24-13(16)5-7-15(24)20/h2-8H,1H3. The maximum atomic E-state index is 15.1. The summed E-state index contributed by atoms with van der Waals surface area (Å²) in [4.78, 5) is 0. The highest BCUT2D eigenvalue weighted by molar-refractivity contribution is 9.18. The van der Waals surface area contributed by atoms with Crippen molar-refractivity contribution in [2.45, 2.75) is 6.92 Å². The smallest absolute Gasteiger partial charge is 0.389 e. The molecule has 0 aliphatic carbocycles. The lowest BCUT2D eigenvalue weighted by Crippen LogP contribution is -2.50. The van der Waals surface area contributed by atoms with E-state index in [-0.39, 0.29) is 0 Å². The highest BCUT2D eigenvalue weighted by atomic mass is 79.9. The fraction of sp³-hybridized carbons (Fsp3) is 0.0625. The van der Waals surface area contributed by atoms with E-state index >= 15 is 8.63 Å². The number of hydrogen-bond donors (Lipinski definition) is 0. The molecule has 0 saturated carbocycles. The van der Waals surface area contributed by atoms with Crippen LogP contribution in [0.4, 0.5) is 8.63 Å². The van der Waals surface area contributed by atoms with Gasteiger partial charge in [0.25, 0.3) is 0 Å². The van der Waals surface area contributed by atoms with E-state index in [1.165, 1.54) is 0 Å². The van der Waals surface area contributed by atoms with Gasteiger partial charge >= 0.3 is 6.97 Å². The van der Waals surface area contributed by atoms with Gasteiger partial charge in [-0.1, -0.05) is 22.0 Å². The molecule has 0 amide bonds. The lowest BCUT2D eigenvalue weighted by molar-refractivity contribution is -0.358. The number of nitrogens with zero attached hydrogens (tertiary/aromatic N) is 2. The maximum Gasteiger partial charge on any atom is 0.738 e. The lowest BCUT2D eigenvalue weighted by atomic mass is 9.85. The van der Waals surface area contributed by atoms with Gasteiger partial charge in [0, 0.05) is 38.2 Å². The molecular weight excluding hydrogens is 509 g/mol. The molecule has 2 aliphatic rings. The van der Waals surface area contributed by atoms with Crippen LogP contribution in [0.5, 0.6) is 0 Å². The van der Waals surface area contributed by atoms with E-state index in [1.54, 1.807) is 24.3 Å². The van der Waals surface area contributed by atoms with Gasteiger partial charge in [0.15, 0.2) is 5.70 Å². The zero-order valence-electron chi connectivity index (χ0n) is 12.4. The van der Waals surface area contributed by atoms with Crippen LogP contribution >= 0.6 is 47.8 Å². The molecule has 122 valence electrons. The average molecular weight is 519 g/mol. The molecule has 0 radical (unpaired) electrons. The predicted molar refractivity (Wildman–Crippen MR) is 104 cm³/mol. The van der Waals surface area contributed by atoms with E-state index in [1.807, 2.05) is 25.1 Å². The van der Waals surface area contributed by atoms with Crippen molar-refractivity contribution in [1.29, 1.82) is 0 Å². The van der Waals surface area contributed by atoms with Crippen LogP contribution < -0.4 is 0 Å². The molecule has 0 unspecified atom stereocenters. The average Bonchev–Trinajstić information content (AvgIpc) is 3.06. The molecule has 1 aromatic carbocycles. The molecule has 0 spiro atoms. The minimum absolute atomic E-state index is 0.362. The highest BCUT2D eigenvalue weighted by Crippen LogP contribution is 2.42. The third kappa shape index (κ3) is 2.19. The molecule has 3 heterocycles. The number of aryl methyl sites for hydroxylation is 1. The molecule has 2 aliphatic heterocycles. The van der Waals surface area contributed by atoms with Crippen molar-refractivity contribution in [3.8, 4) is 0 Å². The van der Waals surface area contributed by atoms with Gasteiger partial charge in [-0.3, -0.25) is 0 Å². The molecular formula is C16H10BBr3F2N2. The second-order valence-corrected chi connectivity index (χ2v) is 8.29. The molecule has 2 nitrogen and oxygen atoms in total. The largest absolute Gasteiger partial charge is 0.738 e. The third-order valence-electron chi connectivity index (χ3n) is 4.33. The Morgan fingerprint density at radius 1 is 1.04 bits per heavy atom. The Kier molecular flexibility index (Phi) is 3.78. The minimum Gasteiger partial charge on any atom is -0.389 e. The van der Waals surface area contributed by atoms with Crippen molar-refractivity contribution < 1.29 is 13.1 Å². The third-order valence-corrected chi connectivity index (χ3v) is 6.11. The summed E-state index contributed by atoms with van der Waals surface area (Å²) in [7, 11) is 0. The second kappa shape index (κ2) is 5.51. The van der Waals surface area contributed by atoms with Gasteiger partial charge in [0.2, 0.25) is 4.62 Å². The molecule has 8 heteroatoms. The second-order valence-electron chi connectivity index (χ2n) is 5.75. The van der Waals surface area contributed by atoms with Crippen molar-refractivity contribution in [2.75, 3.05) is 0 Å². The van der Waals surface area contributed by atoms with Crippen LogP contribution in [0.2, 0.25) is 0 Å². The van der Waals surface area contributed by atoms with Gasteiger partial charge < -0.3 is 17.6 Å². The van der Waals surface area contributed by atoms with E-state index in [4.69, 9.17) is 0 Å². The molecule has 0 saturated heterocycles. The van der Waals surface area contributed by atoms with Crippen molar-refractivity contribution in [3.63, 3.8) is 0 Å². The number of fused-ring (bicyclic) bond motifs is 2. The van der Waals surface area contributed by atoms with Crippen LogP contribution in [0.15, 0.2) is 57.3 Å². The summed E-state index contributed by atoms with van der Waals surface area (Å²) in [5, 5.41) is 0. The Bertz CT molecular complexity index is 989. The summed E-state index contributed by atoms with van der Waals surface area (Å²) < 4.78 is 34.1. The van der Waals surface area contributed by atoms with Crippen LogP contribution in [0.3, 0.4) is 0 Å². The summed E-state index contributed by atoms with van der Waals surface area (Å²) >= 11 is 10.0. The number of allylic oxidation sites excluding steroid dienone is 2. The van der Waals surface area contributed by atoms with Crippen LogP contribution in [0.25, 0.3) is 5.57 Å². The van der Waals surface area contributed by atoms with Gasteiger partial charge in [-0.15, -0.1) is 0 Å². The molecule has 0 bridgehead atoms. The monoisotopic (exact) mass is 516 g/mol. The van der Waals surface area contributed by atoms with Crippen molar-refractivity contribution >= 4 is 65.0 Å². The van der Waals surface area contributed by atoms with Crippen molar-refractivity contribution in [1.82, 2.24) is 4.48 Å². The highest BCUT2D eigenvalue weighted by Gasteiger charge is 2.54. The van der Waals surface area contributed by atoms with E-state index in [0.717, 1.165) is 30.1 Å². The van der Waals surface area contributed by atoms with Gasteiger partial charge in [0.05, 0.1) is 10.2 Å². The van der Waals surface area contributed by atoms with Crippen LogP contribution in [-0.2, 0) is 0 Å². The summed E-state index contributed by atoms with van der Waals surface area (Å²) in [6.45, 7) is -1.99. The number of hydrogen-bond acceptors (Lipinski definition) is 0. The number of rotatable bonds is 1. The summed E-state index contributed by atoms with van der Waals surface area (Å²) in [5.41, 5.74) is 3.77. The lowest BCUT2D eigenvalue weighted by Gasteiger charge is -2.32. The fourth-order valence-corrected chi connectivity index (χ4v) is 4.93. The predicted octanol–water partition coefficient (Wildman–Crippen LogP) is 5.69. The van der Waals surface area contributed by atoms with E-state index in [2.05, 4.69) is 47.8 Å². The SMILES string of the molecule is Cc1cc(Br)ccc1C1=C2C=CC(Br)=[N+]2[B-](F)(F)n2c(Br)ccc21. The number of benzene rings is 1. The first-order valence-corrected chi connectivity index (χ1v) is 9.60. The molecule has 2 aromatic rings. The van der Waals surface area contributed by atoms with Crippen LogP contribution in [-0.4, -0.2) is 20.6 Å². The summed E-state index contributed by atoms with van der Waals surface area (Å²) in [6.07, 6.45) is 3.40. The Morgan fingerprint density at radius 2 is 1.79 bits per heavy atom.